The van der Waals surface area contributed by atoms with Gasteiger partial charge in [0.1, 0.15) is 5.82 Å². The van der Waals surface area contributed by atoms with E-state index in [0.29, 0.717) is 5.25 Å². The van der Waals surface area contributed by atoms with E-state index in [1.54, 1.807) is 12.1 Å². The van der Waals surface area contributed by atoms with Gasteiger partial charge in [0.15, 0.2) is 0 Å². The Kier molecular flexibility index (Phi) is 6.51. The molecule has 1 aromatic rings. The second-order valence-electron chi connectivity index (χ2n) is 5.48. The number of benzene rings is 1. The number of carbonyl (C=O) groups is 1. The van der Waals surface area contributed by atoms with Gasteiger partial charge in [-0.3, -0.25) is 0 Å². The van der Waals surface area contributed by atoms with Crippen molar-refractivity contribution in [3.05, 3.63) is 35.6 Å². The summed E-state index contributed by atoms with van der Waals surface area (Å²) in [5, 5.41) is 16.1. The van der Waals surface area contributed by atoms with Crippen molar-refractivity contribution in [2.24, 2.45) is 0 Å². The Bertz CT molecular complexity index is 501. The maximum Gasteiger partial charge on any atom is 0.315 e. The third-order valence-electron chi connectivity index (χ3n) is 3.84. The van der Waals surface area contributed by atoms with Crippen LogP contribution in [-0.4, -0.2) is 34.7 Å². The highest BCUT2D eigenvalue weighted by Gasteiger charge is 2.25. The van der Waals surface area contributed by atoms with E-state index in [4.69, 9.17) is 0 Å². The molecule has 0 aliphatic heterocycles. The smallest absolute Gasteiger partial charge is 0.315 e. The fraction of sp³-hybridized carbons (Fsp3) is 0.562. The summed E-state index contributed by atoms with van der Waals surface area (Å²) in [7, 11) is 0. The summed E-state index contributed by atoms with van der Waals surface area (Å²) in [6.07, 6.45) is 2.06. The largest absolute Gasteiger partial charge is 0.386 e. The van der Waals surface area contributed by atoms with Crippen molar-refractivity contribution in [1.29, 1.82) is 0 Å². The van der Waals surface area contributed by atoms with Crippen LogP contribution in [0.5, 0.6) is 0 Å². The standard InChI is InChI=1S/C16H23FN2O2S/c1-2-22-12-8-7-11(9-12)19-16(21)18-10-15(20)13-5-3-4-6-14(13)17/h3-6,11-12,15,20H,2,7-10H2,1H3,(H2,18,19,21). The molecule has 4 nitrogen and oxygen atoms in total. The minimum Gasteiger partial charge on any atom is -0.386 e. The number of amides is 2. The summed E-state index contributed by atoms with van der Waals surface area (Å²) in [5.74, 6) is 0.630. The first-order valence-corrected chi connectivity index (χ1v) is 8.73. The summed E-state index contributed by atoms with van der Waals surface area (Å²) in [4.78, 5) is 11.9. The number of carbonyl (C=O) groups excluding carboxylic acids is 1. The van der Waals surface area contributed by atoms with Crippen molar-refractivity contribution in [3.8, 4) is 0 Å². The summed E-state index contributed by atoms with van der Waals surface area (Å²) < 4.78 is 13.5. The third kappa shape index (κ3) is 4.88. The van der Waals surface area contributed by atoms with E-state index in [1.165, 1.54) is 12.1 Å². The number of aliphatic hydroxyl groups is 1. The van der Waals surface area contributed by atoms with Gasteiger partial charge in [-0.1, -0.05) is 25.1 Å². The van der Waals surface area contributed by atoms with Crippen molar-refractivity contribution < 1.29 is 14.3 Å². The molecule has 0 saturated heterocycles. The summed E-state index contributed by atoms with van der Waals surface area (Å²) in [6.45, 7) is 2.13. The first-order chi connectivity index (χ1) is 10.6. The number of nitrogens with one attached hydrogen (secondary N) is 2. The van der Waals surface area contributed by atoms with Gasteiger partial charge in [0.05, 0.1) is 6.10 Å². The second kappa shape index (κ2) is 8.39. The Hall–Kier alpha value is -1.27. The SMILES string of the molecule is CCSC1CCC(NC(=O)NCC(O)c2ccccc2F)C1. The molecule has 3 N–H and O–H groups in total. The van der Waals surface area contributed by atoms with E-state index in [0.717, 1.165) is 25.0 Å². The van der Waals surface area contributed by atoms with Gasteiger partial charge in [-0.15, -0.1) is 0 Å². The van der Waals surface area contributed by atoms with Gasteiger partial charge in [0, 0.05) is 23.4 Å². The van der Waals surface area contributed by atoms with Crippen LogP contribution < -0.4 is 10.6 Å². The van der Waals surface area contributed by atoms with Crippen LogP contribution in [0.25, 0.3) is 0 Å². The maximum absolute atomic E-state index is 13.5. The molecule has 6 heteroatoms. The fourth-order valence-electron chi connectivity index (χ4n) is 2.74. The molecule has 0 radical (unpaired) electrons. The van der Waals surface area contributed by atoms with Crippen LogP contribution in [0, 0.1) is 5.82 Å². The predicted octanol–water partition coefficient (Wildman–Crippen LogP) is 2.83. The van der Waals surface area contributed by atoms with Crippen molar-refractivity contribution in [2.45, 2.75) is 43.6 Å². The monoisotopic (exact) mass is 326 g/mol. The molecule has 122 valence electrons. The van der Waals surface area contributed by atoms with Gasteiger partial charge in [0.2, 0.25) is 0 Å². The molecule has 1 fully saturated rings. The molecule has 3 unspecified atom stereocenters. The number of halogens is 1. The highest BCUT2D eigenvalue weighted by molar-refractivity contribution is 7.99. The minimum atomic E-state index is -1.04. The first-order valence-electron chi connectivity index (χ1n) is 7.68. The van der Waals surface area contributed by atoms with Crippen molar-refractivity contribution in [3.63, 3.8) is 0 Å². The zero-order valence-corrected chi connectivity index (χ0v) is 13.5. The van der Waals surface area contributed by atoms with Crippen LogP contribution in [0.1, 0.15) is 37.9 Å². The number of urea groups is 1. The van der Waals surface area contributed by atoms with Crippen molar-refractivity contribution in [2.75, 3.05) is 12.3 Å². The molecule has 0 heterocycles. The van der Waals surface area contributed by atoms with E-state index in [9.17, 15) is 14.3 Å². The molecule has 0 bridgehead atoms. The van der Waals surface area contributed by atoms with E-state index < -0.39 is 11.9 Å². The molecule has 0 aromatic heterocycles. The molecule has 1 aromatic carbocycles. The molecule has 3 atom stereocenters. The van der Waals surface area contributed by atoms with E-state index in [2.05, 4.69) is 17.6 Å². The average Bonchev–Trinajstić information content (AvgIpc) is 2.93. The maximum atomic E-state index is 13.5. The number of aliphatic hydroxyl groups excluding tert-OH is 1. The average molecular weight is 326 g/mol. The highest BCUT2D eigenvalue weighted by atomic mass is 32.2. The highest BCUT2D eigenvalue weighted by Crippen LogP contribution is 2.29. The van der Waals surface area contributed by atoms with Crippen LogP contribution >= 0.6 is 11.8 Å². The third-order valence-corrected chi connectivity index (χ3v) is 5.08. The molecular weight excluding hydrogens is 303 g/mol. The Labute approximate surface area is 134 Å². The topological polar surface area (TPSA) is 61.4 Å². The molecule has 1 aliphatic rings. The summed E-state index contributed by atoms with van der Waals surface area (Å²) >= 11 is 1.93. The Morgan fingerprint density at radius 1 is 1.45 bits per heavy atom. The van der Waals surface area contributed by atoms with Gasteiger partial charge >= 0.3 is 6.03 Å². The van der Waals surface area contributed by atoms with Crippen LogP contribution in [0.15, 0.2) is 24.3 Å². The van der Waals surface area contributed by atoms with Gasteiger partial charge in [-0.2, -0.15) is 11.8 Å². The molecular formula is C16H23FN2O2S. The van der Waals surface area contributed by atoms with Crippen LogP contribution in [0.3, 0.4) is 0 Å². The van der Waals surface area contributed by atoms with Gasteiger partial charge in [-0.05, 0) is 31.1 Å². The quantitative estimate of drug-likeness (QED) is 0.753. The van der Waals surface area contributed by atoms with Crippen LogP contribution in [0.4, 0.5) is 9.18 Å². The minimum absolute atomic E-state index is 0.00732. The molecule has 0 spiro atoms. The number of hydrogen-bond acceptors (Lipinski definition) is 3. The lowest BCUT2D eigenvalue weighted by molar-refractivity contribution is 0.168. The van der Waals surface area contributed by atoms with Crippen molar-refractivity contribution >= 4 is 17.8 Å². The lowest BCUT2D eigenvalue weighted by atomic mass is 10.1. The van der Waals surface area contributed by atoms with Gasteiger partial charge in [-0.25, -0.2) is 9.18 Å². The van der Waals surface area contributed by atoms with E-state index in [-0.39, 0.29) is 24.2 Å². The zero-order chi connectivity index (χ0) is 15.9. The van der Waals surface area contributed by atoms with Crippen molar-refractivity contribution in [1.82, 2.24) is 10.6 Å². The summed E-state index contributed by atoms with van der Waals surface area (Å²) in [6, 6.07) is 5.92. The molecule has 22 heavy (non-hydrogen) atoms. The molecule has 1 saturated carbocycles. The van der Waals surface area contributed by atoms with E-state index in [1.807, 2.05) is 11.8 Å². The number of thioether (sulfide) groups is 1. The Morgan fingerprint density at radius 2 is 2.23 bits per heavy atom. The second-order valence-corrected chi connectivity index (χ2v) is 7.06. The molecule has 2 rings (SSSR count). The summed E-state index contributed by atoms with van der Waals surface area (Å²) in [5.41, 5.74) is 0.197. The molecule has 1 aliphatic carbocycles. The lowest BCUT2D eigenvalue weighted by Gasteiger charge is -2.16. The first kappa shape index (κ1) is 17.1. The lowest BCUT2D eigenvalue weighted by Crippen LogP contribution is -2.42. The van der Waals surface area contributed by atoms with E-state index >= 15 is 0 Å². The fourth-order valence-corrected chi connectivity index (χ4v) is 3.88. The Balaban J connectivity index is 1.73. The Morgan fingerprint density at radius 3 is 2.95 bits per heavy atom. The zero-order valence-electron chi connectivity index (χ0n) is 12.7. The van der Waals surface area contributed by atoms with Gasteiger partial charge in [0.25, 0.3) is 0 Å². The number of rotatable bonds is 6. The molecule has 2 amide bonds. The number of hydrogen-bond donors (Lipinski definition) is 3. The van der Waals surface area contributed by atoms with Gasteiger partial charge < -0.3 is 15.7 Å². The van der Waals surface area contributed by atoms with Crippen LogP contribution in [0.2, 0.25) is 0 Å². The normalized spacial score (nSPS) is 22.3. The van der Waals surface area contributed by atoms with Crippen LogP contribution in [-0.2, 0) is 0 Å². The predicted molar refractivity (Wildman–Crippen MR) is 87.5 cm³/mol.